The summed E-state index contributed by atoms with van der Waals surface area (Å²) >= 11 is 4.09. The molecule has 6 atom stereocenters. The van der Waals surface area contributed by atoms with Crippen molar-refractivity contribution in [3.05, 3.63) is 59.7 Å². The molecule has 0 saturated carbocycles. The van der Waals surface area contributed by atoms with E-state index in [-0.39, 0.29) is 80.8 Å². The molecule has 0 aliphatic carbocycles. The van der Waals surface area contributed by atoms with Gasteiger partial charge >= 0.3 is 0 Å². The van der Waals surface area contributed by atoms with Crippen molar-refractivity contribution >= 4 is 60.0 Å². The van der Waals surface area contributed by atoms with Gasteiger partial charge in [0.25, 0.3) is 0 Å². The van der Waals surface area contributed by atoms with Crippen molar-refractivity contribution in [1.82, 2.24) is 26.6 Å². The van der Waals surface area contributed by atoms with Crippen LogP contribution in [-0.2, 0) is 41.6 Å². The fraction of sp³-hybridized carbons (Fsp3) is 0.487. The van der Waals surface area contributed by atoms with Crippen molar-refractivity contribution in [2.24, 2.45) is 50.1 Å². The van der Waals surface area contributed by atoms with E-state index in [4.69, 9.17) is 40.1 Å². The summed E-state index contributed by atoms with van der Waals surface area (Å²) in [6.07, 6.45) is 1.69. The molecule has 0 spiro atoms. The second-order valence-electron chi connectivity index (χ2n) is 14.4. The molecule has 23 heteroatoms. The van der Waals surface area contributed by atoms with Crippen LogP contribution in [0.3, 0.4) is 0 Å². The lowest BCUT2D eigenvalue weighted by Gasteiger charge is -2.27. The number of hydrogen-bond donors (Lipinski definition) is 15. The average molecular weight is 887 g/mol. The first-order valence-electron chi connectivity index (χ1n) is 20.0. The van der Waals surface area contributed by atoms with Crippen LogP contribution in [0.2, 0.25) is 0 Å². The van der Waals surface area contributed by atoms with E-state index in [1.807, 2.05) is 0 Å². The van der Waals surface area contributed by atoms with Crippen molar-refractivity contribution in [2.75, 3.05) is 25.4 Å². The number of nitrogens with zero attached hydrogens (tertiary/aromatic N) is 2. The van der Waals surface area contributed by atoms with Gasteiger partial charge in [-0.25, -0.2) is 0 Å². The molecule has 0 aliphatic rings. The molecule has 22 nitrogen and oxygen atoms in total. The van der Waals surface area contributed by atoms with Crippen LogP contribution < -0.4 is 66.7 Å². The normalized spacial score (nSPS) is 13.7. The molecule has 6 amide bonds. The topological polar surface area (TPSA) is 410 Å². The first-order valence-corrected chi connectivity index (χ1v) is 20.6. The number of primary amides is 1. The maximum Gasteiger partial charge on any atom is 0.243 e. The standard InChI is InChI=1S/C39H62N14O8S/c40-16-2-1-5-26(41)33(57)49-27(6-3-17-47-38(43)44)34(58)50-28(7-4-18-48-39(45)46)35(59)51-29(19-22-8-12-24(54)13-9-22)36(60)52-30(20-23-10-14-25(55)15-11-23)37(61)53-31(21-62)32(42)56/h8-15,26-31,54-55,62H,1-7,16-21,40-41H2,(H2,42,56)(H,49,57)(H,50,58)(H,51,59)(H,52,60)(H,53,61)(H4,43,44,47)(H4,45,46,48)/t26-,27-,28-,29-,30-,31-/m0/s1. The number of carbonyl (C=O) groups excluding carboxylic acids is 6. The van der Waals surface area contributed by atoms with Crippen LogP contribution in [0.1, 0.15) is 56.1 Å². The van der Waals surface area contributed by atoms with E-state index in [2.05, 4.69) is 49.2 Å². The molecule has 2 aromatic rings. The number of amides is 6. The lowest BCUT2D eigenvalue weighted by atomic mass is 10.0. The Bertz CT molecular complexity index is 1830. The van der Waals surface area contributed by atoms with Gasteiger partial charge in [0.1, 0.15) is 41.7 Å². The number of carbonyl (C=O) groups is 6. The molecule has 0 bridgehead atoms. The van der Waals surface area contributed by atoms with Crippen molar-refractivity contribution < 1.29 is 39.0 Å². The van der Waals surface area contributed by atoms with Crippen LogP contribution in [0.15, 0.2) is 58.5 Å². The van der Waals surface area contributed by atoms with Gasteiger partial charge < -0.3 is 76.9 Å². The number of nitrogens with two attached hydrogens (primary N) is 7. The lowest BCUT2D eigenvalue weighted by Crippen LogP contribution is -2.60. The third-order valence-electron chi connectivity index (χ3n) is 9.32. The van der Waals surface area contributed by atoms with E-state index < -0.39 is 71.7 Å². The molecule has 342 valence electrons. The number of phenolic OH excluding ortho intramolecular Hbond substituents is 2. The summed E-state index contributed by atoms with van der Waals surface area (Å²) < 4.78 is 0. The number of hydrogen-bond acceptors (Lipinski definition) is 13. The lowest BCUT2D eigenvalue weighted by molar-refractivity contribution is -0.135. The number of benzene rings is 2. The van der Waals surface area contributed by atoms with Crippen LogP contribution >= 0.6 is 12.6 Å². The van der Waals surface area contributed by atoms with Crippen LogP contribution in [0.5, 0.6) is 11.5 Å². The molecular weight excluding hydrogens is 825 g/mol. The quantitative estimate of drug-likeness (QED) is 0.0169. The van der Waals surface area contributed by atoms with Gasteiger partial charge in [-0.15, -0.1) is 0 Å². The molecule has 0 radical (unpaired) electrons. The van der Waals surface area contributed by atoms with Gasteiger partial charge in [0, 0.05) is 31.7 Å². The summed E-state index contributed by atoms with van der Waals surface area (Å²) in [5.74, 6) is -5.29. The molecule has 0 aromatic heterocycles. The Hall–Kier alpha value is -6.33. The second kappa shape index (κ2) is 27.5. The second-order valence-corrected chi connectivity index (χ2v) is 14.8. The number of aromatic hydroxyl groups is 2. The van der Waals surface area contributed by atoms with Gasteiger partial charge in [-0.05, 0) is 80.5 Å². The van der Waals surface area contributed by atoms with Crippen LogP contribution in [0.4, 0.5) is 0 Å². The Morgan fingerprint density at radius 3 is 1.27 bits per heavy atom. The smallest absolute Gasteiger partial charge is 0.243 e. The van der Waals surface area contributed by atoms with E-state index in [1.165, 1.54) is 48.5 Å². The van der Waals surface area contributed by atoms with Crippen molar-refractivity contribution in [3.63, 3.8) is 0 Å². The highest BCUT2D eigenvalue weighted by Crippen LogP contribution is 2.15. The summed E-state index contributed by atoms with van der Waals surface area (Å²) in [6, 6.07) is 4.25. The fourth-order valence-corrected chi connectivity index (χ4v) is 6.18. The van der Waals surface area contributed by atoms with Gasteiger partial charge in [-0.3, -0.25) is 38.8 Å². The molecular formula is C39H62N14O8S. The number of rotatable bonds is 28. The number of unbranched alkanes of at least 4 members (excludes halogenated alkanes) is 1. The molecule has 62 heavy (non-hydrogen) atoms. The largest absolute Gasteiger partial charge is 0.508 e. The van der Waals surface area contributed by atoms with E-state index in [0.29, 0.717) is 36.9 Å². The minimum absolute atomic E-state index is 0.0409. The van der Waals surface area contributed by atoms with Crippen molar-refractivity contribution in [1.29, 1.82) is 0 Å². The van der Waals surface area contributed by atoms with Gasteiger partial charge in [0.15, 0.2) is 11.9 Å². The Balaban J connectivity index is 2.50. The minimum Gasteiger partial charge on any atom is -0.508 e. The highest BCUT2D eigenvalue weighted by atomic mass is 32.1. The van der Waals surface area contributed by atoms with Gasteiger partial charge in [-0.2, -0.15) is 12.6 Å². The predicted octanol–water partition coefficient (Wildman–Crippen LogP) is -3.71. The Labute approximate surface area is 365 Å². The first-order chi connectivity index (χ1) is 29.4. The Kier molecular flexibility index (Phi) is 23.0. The summed E-state index contributed by atoms with van der Waals surface area (Å²) in [4.78, 5) is 89.0. The molecule has 0 fully saturated rings. The third-order valence-corrected chi connectivity index (χ3v) is 9.69. The zero-order valence-electron chi connectivity index (χ0n) is 34.5. The molecule has 0 unspecified atom stereocenters. The van der Waals surface area contributed by atoms with E-state index in [1.54, 1.807) is 0 Å². The number of thiol groups is 1. The molecule has 21 N–H and O–H groups in total. The van der Waals surface area contributed by atoms with Crippen LogP contribution in [0.25, 0.3) is 0 Å². The first kappa shape index (κ1) is 51.8. The Morgan fingerprint density at radius 1 is 0.532 bits per heavy atom. The fourth-order valence-electron chi connectivity index (χ4n) is 5.91. The zero-order chi connectivity index (χ0) is 46.2. The van der Waals surface area contributed by atoms with Gasteiger partial charge in [-0.1, -0.05) is 30.7 Å². The summed E-state index contributed by atoms with van der Waals surface area (Å²) in [7, 11) is 0. The average Bonchev–Trinajstić information content (AvgIpc) is 3.22. The highest BCUT2D eigenvalue weighted by Gasteiger charge is 2.33. The van der Waals surface area contributed by atoms with Crippen molar-refractivity contribution in [3.8, 4) is 11.5 Å². The monoisotopic (exact) mass is 886 g/mol. The van der Waals surface area contributed by atoms with E-state index >= 15 is 0 Å². The number of aliphatic imine (C=N–C) groups is 2. The molecule has 0 aliphatic heterocycles. The SMILES string of the molecule is NCCCC[C@H](N)C(=O)N[C@@H](CCCN=C(N)N)C(=O)N[C@@H](CCCN=C(N)N)C(=O)N[C@@H](Cc1ccc(O)cc1)C(=O)N[C@@H](Cc1ccc(O)cc1)C(=O)N[C@@H](CS)C(N)=O. The number of guanidine groups is 2. The van der Waals surface area contributed by atoms with E-state index in [0.717, 1.165) is 0 Å². The molecule has 0 saturated heterocycles. The number of phenols is 2. The van der Waals surface area contributed by atoms with Crippen LogP contribution in [-0.4, -0.2) is 119 Å². The predicted molar refractivity (Wildman–Crippen MR) is 237 cm³/mol. The highest BCUT2D eigenvalue weighted by molar-refractivity contribution is 7.80. The maximum absolute atomic E-state index is 14.2. The third kappa shape index (κ3) is 19.8. The van der Waals surface area contributed by atoms with Gasteiger partial charge in [0.05, 0.1) is 6.04 Å². The van der Waals surface area contributed by atoms with E-state index in [9.17, 15) is 39.0 Å². The van der Waals surface area contributed by atoms with Gasteiger partial charge in [0.2, 0.25) is 35.4 Å². The van der Waals surface area contributed by atoms with Crippen LogP contribution in [0, 0.1) is 0 Å². The molecule has 2 rings (SSSR count). The summed E-state index contributed by atoms with van der Waals surface area (Å²) in [5, 5.41) is 32.9. The molecule has 2 aromatic carbocycles. The maximum atomic E-state index is 14.2. The number of nitrogens with one attached hydrogen (secondary N) is 5. The molecule has 0 heterocycles. The summed E-state index contributed by atoms with van der Waals surface area (Å²) in [6.45, 7) is 0.616. The Morgan fingerprint density at radius 2 is 0.903 bits per heavy atom. The zero-order valence-corrected chi connectivity index (χ0v) is 35.4. The van der Waals surface area contributed by atoms with Crippen molar-refractivity contribution in [2.45, 2.75) is 94.0 Å². The minimum atomic E-state index is -1.40. The summed E-state index contributed by atoms with van der Waals surface area (Å²) in [5.41, 5.74) is 40.0.